The van der Waals surface area contributed by atoms with Crippen LogP contribution in [0, 0.1) is 6.92 Å². The van der Waals surface area contributed by atoms with Gasteiger partial charge in [0.05, 0.1) is 0 Å². The van der Waals surface area contributed by atoms with Crippen LogP contribution in [0.1, 0.15) is 28.8 Å². The topological polar surface area (TPSA) is 104 Å². The molecule has 0 bridgehead atoms. The molecule has 6 nitrogen and oxygen atoms in total. The summed E-state index contributed by atoms with van der Waals surface area (Å²) in [5.74, 6) is -2.96. The van der Waals surface area contributed by atoms with Crippen LogP contribution < -0.4 is 5.32 Å². The third kappa shape index (κ3) is 4.55. The molecule has 0 saturated heterocycles. The molecule has 0 aromatic heterocycles. The van der Waals surface area contributed by atoms with E-state index in [1.165, 1.54) is 12.1 Å². The normalized spacial score (nSPS) is 11.7. The summed E-state index contributed by atoms with van der Waals surface area (Å²) in [6.07, 6.45) is -0.514. The zero-order chi connectivity index (χ0) is 15.3. The molecule has 0 aliphatic heterocycles. The first-order valence-electron chi connectivity index (χ1n) is 5.83. The zero-order valence-electron chi connectivity index (χ0n) is 10.7. The number of carbonyl (C=O) groups excluding carboxylic acids is 1. The van der Waals surface area contributed by atoms with E-state index >= 15 is 0 Å². The predicted octanol–water partition coefficient (Wildman–Crippen LogP) is 1.70. The molecule has 1 rings (SSSR count). The van der Waals surface area contributed by atoms with Crippen LogP contribution in [-0.2, 0) is 9.59 Å². The summed E-state index contributed by atoms with van der Waals surface area (Å²) in [5, 5.41) is 20.3. The molecule has 3 N–H and O–H groups in total. The molecule has 0 spiro atoms. The number of rotatable bonds is 6. The van der Waals surface area contributed by atoms with Gasteiger partial charge in [-0.2, -0.15) is 0 Å². The third-order valence-electron chi connectivity index (χ3n) is 2.68. The van der Waals surface area contributed by atoms with E-state index in [-0.39, 0.29) is 12.8 Å². The molecular formula is C13H14ClNO5. The van der Waals surface area contributed by atoms with Crippen LogP contribution >= 0.6 is 11.6 Å². The standard InChI is InChI=1S/C13H14ClNO5/c1-7-6-8(14)2-3-9(7)12(18)15-10(13(19)20)4-5-11(16)17/h2-3,6,10H,4-5H2,1H3,(H,15,18)(H,16,17)(H,19,20). The lowest BCUT2D eigenvalue weighted by Crippen LogP contribution is -2.41. The lowest BCUT2D eigenvalue weighted by Gasteiger charge is -2.14. The molecule has 1 amide bonds. The first-order valence-corrected chi connectivity index (χ1v) is 6.20. The fourth-order valence-electron chi connectivity index (χ4n) is 1.64. The van der Waals surface area contributed by atoms with Gasteiger partial charge >= 0.3 is 11.9 Å². The van der Waals surface area contributed by atoms with Gasteiger partial charge in [-0.1, -0.05) is 11.6 Å². The number of hydrogen-bond acceptors (Lipinski definition) is 3. The van der Waals surface area contributed by atoms with Gasteiger partial charge < -0.3 is 15.5 Å². The van der Waals surface area contributed by atoms with Gasteiger partial charge in [0, 0.05) is 17.0 Å². The van der Waals surface area contributed by atoms with E-state index in [9.17, 15) is 14.4 Å². The van der Waals surface area contributed by atoms with E-state index in [2.05, 4.69) is 5.32 Å². The minimum absolute atomic E-state index is 0.178. The number of halogens is 1. The van der Waals surface area contributed by atoms with Gasteiger partial charge in [-0.15, -0.1) is 0 Å². The maximum atomic E-state index is 12.0. The van der Waals surface area contributed by atoms with Crippen molar-refractivity contribution in [3.05, 3.63) is 34.3 Å². The van der Waals surface area contributed by atoms with Gasteiger partial charge in [0.25, 0.3) is 5.91 Å². The summed E-state index contributed by atoms with van der Waals surface area (Å²) < 4.78 is 0. The minimum Gasteiger partial charge on any atom is -0.481 e. The number of hydrogen-bond donors (Lipinski definition) is 3. The van der Waals surface area contributed by atoms with Crippen molar-refractivity contribution in [1.82, 2.24) is 5.32 Å². The van der Waals surface area contributed by atoms with E-state index in [0.717, 1.165) is 0 Å². The zero-order valence-corrected chi connectivity index (χ0v) is 11.5. The first kappa shape index (κ1) is 16.0. The summed E-state index contributed by atoms with van der Waals surface area (Å²) in [4.78, 5) is 33.4. The average molecular weight is 300 g/mol. The average Bonchev–Trinajstić information content (AvgIpc) is 2.33. The summed E-state index contributed by atoms with van der Waals surface area (Å²) in [5.41, 5.74) is 0.911. The van der Waals surface area contributed by atoms with Crippen LogP contribution in [0.5, 0.6) is 0 Å². The van der Waals surface area contributed by atoms with Crippen LogP contribution in [0.25, 0.3) is 0 Å². The molecule has 1 unspecified atom stereocenters. The van der Waals surface area contributed by atoms with Crippen LogP contribution in [0.2, 0.25) is 5.02 Å². The molecule has 0 fully saturated rings. The van der Waals surface area contributed by atoms with Gasteiger partial charge in [0.2, 0.25) is 0 Å². The Balaban J connectivity index is 2.80. The first-order chi connectivity index (χ1) is 9.31. The largest absolute Gasteiger partial charge is 0.481 e. The predicted molar refractivity (Wildman–Crippen MR) is 71.9 cm³/mol. The smallest absolute Gasteiger partial charge is 0.326 e. The quantitative estimate of drug-likeness (QED) is 0.741. The molecule has 1 aromatic rings. The van der Waals surface area contributed by atoms with Gasteiger partial charge in [-0.25, -0.2) is 4.79 Å². The van der Waals surface area contributed by atoms with Gasteiger partial charge in [0.1, 0.15) is 6.04 Å². The van der Waals surface area contributed by atoms with Gasteiger partial charge in [-0.05, 0) is 37.1 Å². The van der Waals surface area contributed by atoms with Crippen LogP contribution in [0.3, 0.4) is 0 Å². The highest BCUT2D eigenvalue weighted by atomic mass is 35.5. The highest BCUT2D eigenvalue weighted by molar-refractivity contribution is 6.30. The van der Waals surface area contributed by atoms with Gasteiger partial charge in [0.15, 0.2) is 0 Å². The molecule has 1 atom stereocenters. The summed E-state index contributed by atoms with van der Waals surface area (Å²) in [7, 11) is 0. The molecule has 0 aliphatic carbocycles. The highest BCUT2D eigenvalue weighted by Gasteiger charge is 2.22. The second-order valence-electron chi connectivity index (χ2n) is 4.26. The fraction of sp³-hybridized carbons (Fsp3) is 0.308. The Morgan fingerprint density at radius 2 is 1.95 bits per heavy atom. The van der Waals surface area contributed by atoms with Crippen molar-refractivity contribution >= 4 is 29.4 Å². The molecule has 7 heteroatoms. The van der Waals surface area contributed by atoms with Crippen molar-refractivity contribution in [3.8, 4) is 0 Å². The van der Waals surface area contributed by atoms with Crippen LogP contribution in [0.15, 0.2) is 18.2 Å². The second kappa shape index (κ2) is 6.91. The van der Waals surface area contributed by atoms with Crippen molar-refractivity contribution < 1.29 is 24.6 Å². The van der Waals surface area contributed by atoms with E-state index in [4.69, 9.17) is 21.8 Å². The lowest BCUT2D eigenvalue weighted by molar-refractivity contribution is -0.140. The van der Waals surface area contributed by atoms with E-state index in [1.54, 1.807) is 13.0 Å². The Morgan fingerprint density at radius 1 is 1.30 bits per heavy atom. The third-order valence-corrected chi connectivity index (χ3v) is 2.92. The van der Waals surface area contributed by atoms with Crippen molar-refractivity contribution in [2.24, 2.45) is 0 Å². The Hall–Kier alpha value is -2.08. The second-order valence-corrected chi connectivity index (χ2v) is 4.69. The number of benzene rings is 1. The molecule has 1 aromatic carbocycles. The van der Waals surface area contributed by atoms with Crippen LogP contribution in [0.4, 0.5) is 0 Å². The summed E-state index contributed by atoms with van der Waals surface area (Å²) in [6.45, 7) is 1.67. The minimum atomic E-state index is -1.27. The SMILES string of the molecule is Cc1cc(Cl)ccc1C(=O)NC(CCC(=O)O)C(=O)O. The van der Waals surface area contributed by atoms with E-state index < -0.39 is 23.9 Å². The number of aliphatic carboxylic acids is 2. The number of carboxylic acid groups (broad SMARTS) is 2. The summed E-state index contributed by atoms with van der Waals surface area (Å²) >= 11 is 5.77. The number of nitrogens with one attached hydrogen (secondary N) is 1. The fourth-order valence-corrected chi connectivity index (χ4v) is 1.87. The lowest BCUT2D eigenvalue weighted by atomic mass is 10.1. The van der Waals surface area contributed by atoms with Crippen molar-refractivity contribution in [1.29, 1.82) is 0 Å². The van der Waals surface area contributed by atoms with Crippen molar-refractivity contribution in [2.75, 3.05) is 0 Å². The molecule has 108 valence electrons. The molecule has 0 radical (unpaired) electrons. The Morgan fingerprint density at radius 3 is 2.45 bits per heavy atom. The molecule has 0 heterocycles. The Bertz CT molecular complexity index is 544. The molecule has 0 saturated carbocycles. The molecule has 0 aliphatic rings. The number of carboxylic acids is 2. The van der Waals surface area contributed by atoms with Gasteiger partial charge in [-0.3, -0.25) is 9.59 Å². The number of amides is 1. The highest BCUT2D eigenvalue weighted by Crippen LogP contribution is 2.15. The Labute approximate surface area is 120 Å². The van der Waals surface area contributed by atoms with Crippen LogP contribution in [-0.4, -0.2) is 34.1 Å². The number of aryl methyl sites for hydroxylation is 1. The molecule has 20 heavy (non-hydrogen) atoms. The maximum Gasteiger partial charge on any atom is 0.326 e. The van der Waals surface area contributed by atoms with E-state index in [0.29, 0.717) is 16.1 Å². The number of carbonyl (C=O) groups is 3. The maximum absolute atomic E-state index is 12.0. The van der Waals surface area contributed by atoms with Crippen molar-refractivity contribution in [3.63, 3.8) is 0 Å². The summed E-state index contributed by atoms with van der Waals surface area (Å²) in [6, 6.07) is 3.36. The monoisotopic (exact) mass is 299 g/mol. The Kier molecular flexibility index (Phi) is 5.52. The van der Waals surface area contributed by atoms with Crippen molar-refractivity contribution in [2.45, 2.75) is 25.8 Å². The molecular weight excluding hydrogens is 286 g/mol. The van der Waals surface area contributed by atoms with E-state index in [1.807, 2.05) is 0 Å².